The molecule has 0 radical (unpaired) electrons. The Morgan fingerprint density at radius 3 is 2.80 bits per heavy atom. The predicted molar refractivity (Wildman–Crippen MR) is 80.1 cm³/mol. The molecule has 0 aliphatic heterocycles. The molecule has 0 atom stereocenters. The van der Waals surface area contributed by atoms with E-state index >= 15 is 0 Å². The second-order valence-electron chi connectivity index (χ2n) is 4.54. The summed E-state index contributed by atoms with van der Waals surface area (Å²) in [5.41, 5.74) is 2.75. The number of rotatable bonds is 4. The van der Waals surface area contributed by atoms with E-state index in [4.69, 9.17) is 0 Å². The summed E-state index contributed by atoms with van der Waals surface area (Å²) in [5.74, 6) is 0.672. The molecule has 0 amide bonds. The van der Waals surface area contributed by atoms with Gasteiger partial charge in [-0.2, -0.15) is 0 Å². The van der Waals surface area contributed by atoms with Gasteiger partial charge in [0.1, 0.15) is 5.69 Å². The molecule has 100 valence electrons. The number of nitrogens with one attached hydrogen (secondary N) is 1. The zero-order valence-electron chi connectivity index (χ0n) is 11.4. The van der Waals surface area contributed by atoms with Crippen molar-refractivity contribution in [3.8, 4) is 11.5 Å². The quantitative estimate of drug-likeness (QED) is 0.787. The first-order valence-corrected chi connectivity index (χ1v) is 6.75. The van der Waals surface area contributed by atoms with E-state index in [2.05, 4.69) is 39.3 Å². The maximum Gasteiger partial charge on any atom is 0.178 e. The Bertz CT molecular complexity index is 724. The number of hydrogen-bond donors (Lipinski definition) is 1. The van der Waals surface area contributed by atoms with Crippen molar-refractivity contribution in [2.24, 2.45) is 0 Å². The van der Waals surface area contributed by atoms with Gasteiger partial charge in [0.25, 0.3) is 0 Å². The summed E-state index contributed by atoms with van der Waals surface area (Å²) in [7, 11) is 0. The average molecular weight is 264 g/mol. The molecule has 4 heteroatoms. The number of nitrogens with zero attached hydrogens (tertiary/aromatic N) is 3. The summed E-state index contributed by atoms with van der Waals surface area (Å²) in [6.45, 7) is 3.75. The first-order chi connectivity index (χ1) is 9.86. The van der Waals surface area contributed by atoms with Crippen LogP contribution in [0.5, 0.6) is 0 Å². The summed E-state index contributed by atoms with van der Waals surface area (Å²) in [5, 5.41) is 4.39. The first kappa shape index (κ1) is 12.7. The van der Waals surface area contributed by atoms with Crippen molar-refractivity contribution in [3.63, 3.8) is 0 Å². The molecule has 0 unspecified atom stereocenters. The monoisotopic (exact) mass is 264 g/mol. The Labute approximate surface area is 117 Å². The molecule has 0 bridgehead atoms. The number of aromatic nitrogens is 3. The van der Waals surface area contributed by atoms with E-state index in [9.17, 15) is 0 Å². The molecule has 3 aromatic rings. The number of pyridine rings is 1. The zero-order chi connectivity index (χ0) is 13.8. The maximum absolute atomic E-state index is 4.62. The molecule has 0 fully saturated rings. The molecule has 0 saturated carbocycles. The Hall–Kier alpha value is -2.33. The highest BCUT2D eigenvalue weighted by atomic mass is 14.9. The Balaban J connectivity index is 1.97. The van der Waals surface area contributed by atoms with Crippen LogP contribution in [0.25, 0.3) is 22.4 Å². The van der Waals surface area contributed by atoms with Crippen LogP contribution in [0.3, 0.4) is 0 Å². The minimum Gasteiger partial charge on any atom is -0.311 e. The minimum absolute atomic E-state index is 0.672. The highest BCUT2D eigenvalue weighted by Crippen LogP contribution is 2.17. The molecule has 0 saturated heterocycles. The van der Waals surface area contributed by atoms with Crippen LogP contribution in [0.4, 0.5) is 0 Å². The van der Waals surface area contributed by atoms with Crippen LogP contribution in [0.15, 0.2) is 48.7 Å². The van der Waals surface area contributed by atoms with Gasteiger partial charge in [-0.25, -0.2) is 15.0 Å². The van der Waals surface area contributed by atoms with Gasteiger partial charge in [0.2, 0.25) is 0 Å². The Morgan fingerprint density at radius 2 is 1.90 bits per heavy atom. The normalized spacial score (nSPS) is 10.8. The van der Waals surface area contributed by atoms with E-state index < -0.39 is 0 Å². The summed E-state index contributed by atoms with van der Waals surface area (Å²) >= 11 is 0. The molecule has 0 spiro atoms. The van der Waals surface area contributed by atoms with Gasteiger partial charge < -0.3 is 5.32 Å². The minimum atomic E-state index is 0.672. The van der Waals surface area contributed by atoms with E-state index in [1.165, 1.54) is 0 Å². The third-order valence-corrected chi connectivity index (χ3v) is 3.10. The molecular formula is C16H16N4. The number of para-hydroxylation sites is 1. The van der Waals surface area contributed by atoms with Crippen LogP contribution in [0, 0.1) is 0 Å². The SMILES string of the molecule is CCNCc1ccnc(-c2ccc3ccccc3n2)n1. The van der Waals surface area contributed by atoms with E-state index in [0.717, 1.165) is 35.4 Å². The lowest BCUT2D eigenvalue weighted by atomic mass is 10.2. The topological polar surface area (TPSA) is 50.7 Å². The van der Waals surface area contributed by atoms with Crippen molar-refractivity contribution in [3.05, 3.63) is 54.4 Å². The van der Waals surface area contributed by atoms with Crippen LogP contribution in [-0.2, 0) is 6.54 Å². The van der Waals surface area contributed by atoms with Crippen LogP contribution in [-0.4, -0.2) is 21.5 Å². The molecule has 1 aromatic carbocycles. The van der Waals surface area contributed by atoms with Gasteiger partial charge in [-0.05, 0) is 24.7 Å². The van der Waals surface area contributed by atoms with Crippen LogP contribution >= 0.6 is 0 Å². The second-order valence-corrected chi connectivity index (χ2v) is 4.54. The average Bonchev–Trinajstić information content (AvgIpc) is 2.53. The lowest BCUT2D eigenvalue weighted by Crippen LogP contribution is -2.13. The van der Waals surface area contributed by atoms with Crippen LogP contribution in [0.2, 0.25) is 0 Å². The third kappa shape index (κ3) is 2.65. The summed E-state index contributed by atoms with van der Waals surface area (Å²) in [6, 6.07) is 14.0. The van der Waals surface area contributed by atoms with Crippen molar-refractivity contribution in [2.45, 2.75) is 13.5 Å². The fourth-order valence-corrected chi connectivity index (χ4v) is 2.06. The van der Waals surface area contributed by atoms with Gasteiger partial charge in [0.15, 0.2) is 5.82 Å². The summed E-state index contributed by atoms with van der Waals surface area (Å²) < 4.78 is 0. The predicted octanol–water partition coefficient (Wildman–Crippen LogP) is 2.80. The summed E-state index contributed by atoms with van der Waals surface area (Å²) in [4.78, 5) is 13.5. The van der Waals surface area contributed by atoms with Crippen molar-refractivity contribution in [1.82, 2.24) is 20.3 Å². The Kier molecular flexibility index (Phi) is 3.65. The maximum atomic E-state index is 4.62. The highest BCUT2D eigenvalue weighted by molar-refractivity contribution is 5.80. The van der Waals surface area contributed by atoms with Gasteiger partial charge in [-0.15, -0.1) is 0 Å². The van der Waals surface area contributed by atoms with E-state index in [1.807, 2.05) is 30.3 Å². The second kappa shape index (κ2) is 5.75. The molecule has 20 heavy (non-hydrogen) atoms. The molecule has 1 N–H and O–H groups in total. The number of fused-ring (bicyclic) bond motifs is 1. The zero-order valence-corrected chi connectivity index (χ0v) is 11.4. The van der Waals surface area contributed by atoms with Crippen LogP contribution < -0.4 is 5.32 Å². The van der Waals surface area contributed by atoms with Gasteiger partial charge >= 0.3 is 0 Å². The first-order valence-electron chi connectivity index (χ1n) is 6.75. The standard InChI is InChI=1S/C16H16N4/c1-2-17-11-13-9-10-18-16(19-13)15-8-7-12-5-3-4-6-14(12)20-15/h3-10,17H,2,11H2,1H3. The summed E-state index contributed by atoms with van der Waals surface area (Å²) in [6.07, 6.45) is 1.78. The largest absolute Gasteiger partial charge is 0.311 e. The highest BCUT2D eigenvalue weighted by Gasteiger charge is 2.05. The van der Waals surface area contributed by atoms with Gasteiger partial charge in [-0.1, -0.05) is 31.2 Å². The van der Waals surface area contributed by atoms with E-state index in [0.29, 0.717) is 5.82 Å². The van der Waals surface area contributed by atoms with Crippen molar-refractivity contribution < 1.29 is 0 Å². The molecule has 2 aromatic heterocycles. The number of hydrogen-bond acceptors (Lipinski definition) is 4. The smallest absolute Gasteiger partial charge is 0.178 e. The molecule has 2 heterocycles. The van der Waals surface area contributed by atoms with Gasteiger partial charge in [0, 0.05) is 18.1 Å². The Morgan fingerprint density at radius 1 is 1.00 bits per heavy atom. The molecule has 0 aliphatic carbocycles. The molecular weight excluding hydrogens is 248 g/mol. The molecule has 3 rings (SSSR count). The third-order valence-electron chi connectivity index (χ3n) is 3.10. The van der Waals surface area contributed by atoms with Crippen molar-refractivity contribution in [2.75, 3.05) is 6.54 Å². The fraction of sp³-hybridized carbons (Fsp3) is 0.188. The van der Waals surface area contributed by atoms with E-state index in [-0.39, 0.29) is 0 Å². The van der Waals surface area contributed by atoms with E-state index in [1.54, 1.807) is 6.20 Å². The van der Waals surface area contributed by atoms with Gasteiger partial charge in [0.05, 0.1) is 11.2 Å². The lowest BCUT2D eigenvalue weighted by molar-refractivity contribution is 0.709. The lowest BCUT2D eigenvalue weighted by Gasteiger charge is -2.05. The number of benzene rings is 1. The van der Waals surface area contributed by atoms with Crippen molar-refractivity contribution >= 4 is 10.9 Å². The fourth-order valence-electron chi connectivity index (χ4n) is 2.06. The van der Waals surface area contributed by atoms with Gasteiger partial charge in [-0.3, -0.25) is 0 Å². The van der Waals surface area contributed by atoms with Crippen LogP contribution in [0.1, 0.15) is 12.6 Å². The van der Waals surface area contributed by atoms with Crippen molar-refractivity contribution in [1.29, 1.82) is 0 Å². The molecule has 4 nitrogen and oxygen atoms in total. The molecule has 0 aliphatic rings.